The summed E-state index contributed by atoms with van der Waals surface area (Å²) in [6.45, 7) is 0.0463. The molecule has 11 heteroatoms. The van der Waals surface area contributed by atoms with Crippen molar-refractivity contribution in [3.63, 3.8) is 0 Å². The van der Waals surface area contributed by atoms with Gasteiger partial charge >= 0.3 is 5.97 Å². The van der Waals surface area contributed by atoms with Crippen LogP contribution in [0.5, 0.6) is 0 Å². The lowest BCUT2D eigenvalue weighted by molar-refractivity contribution is -0.384. The van der Waals surface area contributed by atoms with Gasteiger partial charge in [0.2, 0.25) is 0 Å². The Morgan fingerprint density at radius 1 is 1.05 bits per heavy atom. The minimum Gasteiger partial charge on any atom is -0.478 e. The molecule has 4 aliphatic rings. The maximum Gasteiger partial charge on any atom is 0.335 e. The summed E-state index contributed by atoms with van der Waals surface area (Å²) in [5.41, 5.74) is 0.234. The molecule has 3 aromatic rings. The molecule has 1 amide bonds. The van der Waals surface area contributed by atoms with Gasteiger partial charge in [-0.15, -0.1) is 15.0 Å². The summed E-state index contributed by atoms with van der Waals surface area (Å²) in [6, 6.07) is 11.9. The number of anilines is 1. The third-order valence-corrected chi connectivity index (χ3v) is 8.06. The number of nitro benzene ring substituents is 1. The van der Waals surface area contributed by atoms with Crippen LogP contribution in [0.3, 0.4) is 0 Å². The molecule has 2 aromatic carbocycles. The summed E-state index contributed by atoms with van der Waals surface area (Å²) in [5, 5.41) is 32.4. The molecule has 4 saturated carbocycles. The first-order valence-electron chi connectivity index (χ1n) is 12.8. The molecule has 0 aliphatic heterocycles. The number of carbonyl (C=O) groups excluding carboxylic acids is 1. The van der Waals surface area contributed by atoms with Gasteiger partial charge in [0.15, 0.2) is 11.4 Å². The minimum atomic E-state index is -1.12. The summed E-state index contributed by atoms with van der Waals surface area (Å²) in [4.78, 5) is 36.9. The van der Waals surface area contributed by atoms with Crippen LogP contribution in [0.15, 0.2) is 48.5 Å². The highest BCUT2D eigenvalue weighted by Gasteiger charge is 2.51. The third kappa shape index (κ3) is 4.53. The standard InChI is InChI=1S/C27H27N5O6/c33-25(28-20-5-3-4-19(11-20)26(34)35)24-21(29-31(30-24)22-6-1-2-7-23(22)32(36)37)15-38-27-12-16-8-17(13-27)10-18(9-16)14-27/h1-7,11,16-18H,8-10,12-15H2,(H,28,33)(H,34,35). The van der Waals surface area contributed by atoms with E-state index in [1.54, 1.807) is 18.2 Å². The van der Waals surface area contributed by atoms with Crippen LogP contribution in [0, 0.1) is 27.9 Å². The van der Waals surface area contributed by atoms with Crippen molar-refractivity contribution in [3.8, 4) is 5.69 Å². The molecule has 4 bridgehead atoms. The molecule has 1 heterocycles. The molecule has 0 spiro atoms. The highest BCUT2D eigenvalue weighted by molar-refractivity contribution is 6.04. The van der Waals surface area contributed by atoms with Crippen molar-refractivity contribution < 1.29 is 24.4 Å². The molecule has 4 aliphatic carbocycles. The van der Waals surface area contributed by atoms with Crippen molar-refractivity contribution in [2.75, 3.05) is 5.32 Å². The number of rotatable bonds is 8. The van der Waals surface area contributed by atoms with Gasteiger partial charge in [0.25, 0.3) is 11.6 Å². The van der Waals surface area contributed by atoms with Crippen molar-refractivity contribution in [1.82, 2.24) is 15.0 Å². The van der Waals surface area contributed by atoms with E-state index in [1.807, 2.05) is 0 Å². The van der Waals surface area contributed by atoms with Crippen LogP contribution in [0.25, 0.3) is 5.69 Å². The summed E-state index contributed by atoms with van der Waals surface area (Å²) in [7, 11) is 0. The van der Waals surface area contributed by atoms with E-state index in [4.69, 9.17) is 4.74 Å². The second-order valence-corrected chi connectivity index (χ2v) is 10.8. The number of aromatic carboxylic acids is 1. The zero-order chi connectivity index (χ0) is 26.4. The first-order chi connectivity index (χ1) is 18.3. The van der Waals surface area contributed by atoms with Crippen molar-refractivity contribution >= 4 is 23.3 Å². The molecular formula is C27H27N5O6. The van der Waals surface area contributed by atoms with E-state index in [0.29, 0.717) is 17.8 Å². The molecule has 38 heavy (non-hydrogen) atoms. The van der Waals surface area contributed by atoms with E-state index < -0.39 is 16.8 Å². The topological polar surface area (TPSA) is 149 Å². The maximum absolute atomic E-state index is 13.3. The van der Waals surface area contributed by atoms with Gasteiger partial charge in [0.05, 0.1) is 22.7 Å². The Balaban J connectivity index is 1.31. The SMILES string of the molecule is O=C(O)c1cccc(NC(=O)c2nn(-c3ccccc3[N+](=O)[O-])nc2COC23CC4CC(CC(C4)C2)C3)c1. The van der Waals surface area contributed by atoms with Crippen LogP contribution in [-0.2, 0) is 11.3 Å². The van der Waals surface area contributed by atoms with Crippen LogP contribution < -0.4 is 5.32 Å². The summed E-state index contributed by atoms with van der Waals surface area (Å²) in [5.74, 6) is 0.295. The van der Waals surface area contributed by atoms with Gasteiger partial charge in [0, 0.05) is 11.8 Å². The Labute approximate surface area is 218 Å². The van der Waals surface area contributed by atoms with Gasteiger partial charge in [-0.3, -0.25) is 14.9 Å². The predicted molar refractivity (Wildman–Crippen MR) is 135 cm³/mol. The van der Waals surface area contributed by atoms with Gasteiger partial charge < -0.3 is 15.2 Å². The zero-order valence-corrected chi connectivity index (χ0v) is 20.6. The number of hydrogen-bond acceptors (Lipinski definition) is 7. The lowest BCUT2D eigenvalue weighted by Crippen LogP contribution is -2.51. The number of benzene rings is 2. The Kier molecular flexibility index (Phi) is 5.94. The number of nitrogens with zero attached hydrogens (tertiary/aromatic N) is 4. The first kappa shape index (κ1) is 24.2. The monoisotopic (exact) mass is 517 g/mol. The van der Waals surface area contributed by atoms with Crippen LogP contribution >= 0.6 is 0 Å². The van der Waals surface area contributed by atoms with Gasteiger partial charge in [-0.1, -0.05) is 18.2 Å². The number of para-hydroxylation sites is 2. The van der Waals surface area contributed by atoms with E-state index in [2.05, 4.69) is 15.5 Å². The Morgan fingerprint density at radius 3 is 2.39 bits per heavy atom. The van der Waals surface area contributed by atoms with Crippen molar-refractivity contribution in [2.45, 2.75) is 50.7 Å². The first-order valence-corrected chi connectivity index (χ1v) is 12.8. The molecule has 1 aromatic heterocycles. The average Bonchev–Trinajstić information content (AvgIpc) is 3.31. The summed E-state index contributed by atoms with van der Waals surface area (Å²) < 4.78 is 6.54. The number of carbonyl (C=O) groups is 2. The van der Waals surface area contributed by atoms with Crippen LogP contribution in [0.1, 0.15) is 65.1 Å². The highest BCUT2D eigenvalue weighted by Crippen LogP contribution is 2.57. The molecule has 196 valence electrons. The molecule has 2 N–H and O–H groups in total. The van der Waals surface area contributed by atoms with E-state index in [-0.39, 0.29) is 46.2 Å². The lowest BCUT2D eigenvalue weighted by atomic mass is 9.54. The highest BCUT2D eigenvalue weighted by atomic mass is 16.6. The van der Waals surface area contributed by atoms with Gasteiger partial charge in [0.1, 0.15) is 5.69 Å². The molecule has 11 nitrogen and oxygen atoms in total. The normalized spacial score (nSPS) is 25.3. The van der Waals surface area contributed by atoms with Crippen molar-refractivity contribution in [3.05, 3.63) is 75.6 Å². The van der Waals surface area contributed by atoms with E-state index in [0.717, 1.165) is 24.1 Å². The van der Waals surface area contributed by atoms with Crippen molar-refractivity contribution in [1.29, 1.82) is 0 Å². The second kappa shape index (κ2) is 9.32. The lowest BCUT2D eigenvalue weighted by Gasteiger charge is -2.56. The quantitative estimate of drug-likeness (QED) is 0.325. The smallest absolute Gasteiger partial charge is 0.335 e. The molecule has 4 fully saturated rings. The van der Waals surface area contributed by atoms with Crippen LogP contribution in [0.2, 0.25) is 0 Å². The van der Waals surface area contributed by atoms with E-state index >= 15 is 0 Å². The van der Waals surface area contributed by atoms with Crippen LogP contribution in [0.4, 0.5) is 11.4 Å². The Hall–Kier alpha value is -4.12. The molecule has 0 atom stereocenters. The van der Waals surface area contributed by atoms with Gasteiger partial charge in [-0.2, -0.15) is 0 Å². The fourth-order valence-electron chi connectivity index (χ4n) is 6.86. The average molecular weight is 518 g/mol. The molecule has 0 radical (unpaired) electrons. The fourth-order valence-corrected chi connectivity index (χ4v) is 6.86. The number of carboxylic acids is 1. The summed E-state index contributed by atoms with van der Waals surface area (Å²) in [6.07, 6.45) is 6.79. The van der Waals surface area contributed by atoms with Crippen LogP contribution in [-0.4, -0.2) is 42.5 Å². The van der Waals surface area contributed by atoms with E-state index in [9.17, 15) is 24.8 Å². The number of nitrogens with one attached hydrogen (secondary N) is 1. The zero-order valence-electron chi connectivity index (χ0n) is 20.6. The predicted octanol–water partition coefficient (Wildman–Crippen LogP) is 4.61. The third-order valence-electron chi connectivity index (χ3n) is 8.06. The molecule has 0 saturated heterocycles. The Bertz CT molecular complexity index is 1400. The molecule has 7 rings (SSSR count). The van der Waals surface area contributed by atoms with Gasteiger partial charge in [-0.25, -0.2) is 4.79 Å². The minimum absolute atomic E-state index is 0.0248. The number of carboxylic acid groups (broad SMARTS) is 1. The maximum atomic E-state index is 13.3. The second-order valence-electron chi connectivity index (χ2n) is 10.8. The Morgan fingerprint density at radius 2 is 1.74 bits per heavy atom. The number of nitro groups is 1. The number of ether oxygens (including phenoxy) is 1. The van der Waals surface area contributed by atoms with Gasteiger partial charge in [-0.05, 0) is 80.5 Å². The number of aromatic nitrogens is 3. The molecular weight excluding hydrogens is 490 g/mol. The number of amides is 1. The van der Waals surface area contributed by atoms with E-state index in [1.165, 1.54) is 49.6 Å². The van der Waals surface area contributed by atoms with Crippen molar-refractivity contribution in [2.24, 2.45) is 17.8 Å². The fraction of sp³-hybridized carbons (Fsp3) is 0.407. The number of hydrogen-bond donors (Lipinski definition) is 2. The molecule has 0 unspecified atom stereocenters. The largest absolute Gasteiger partial charge is 0.478 e. The summed E-state index contributed by atoms with van der Waals surface area (Å²) >= 11 is 0.